The van der Waals surface area contributed by atoms with E-state index in [-0.39, 0.29) is 0 Å². The second kappa shape index (κ2) is 6.33. The second-order valence-corrected chi connectivity index (χ2v) is 6.85. The van der Waals surface area contributed by atoms with Crippen LogP contribution in [0.25, 0.3) is 0 Å². The summed E-state index contributed by atoms with van der Waals surface area (Å²) >= 11 is 6.39. The zero-order valence-corrected chi connectivity index (χ0v) is 13.4. The molecule has 20 heavy (non-hydrogen) atoms. The van der Waals surface area contributed by atoms with Crippen molar-refractivity contribution in [1.29, 1.82) is 0 Å². The van der Waals surface area contributed by atoms with Gasteiger partial charge in [-0.3, -0.25) is 0 Å². The Balaban J connectivity index is 2.14. The van der Waals surface area contributed by atoms with E-state index in [4.69, 9.17) is 11.6 Å². The molecular formula is C16H25ClN2O. The maximum atomic E-state index is 10.2. The van der Waals surface area contributed by atoms with E-state index in [9.17, 15) is 5.11 Å². The second-order valence-electron chi connectivity index (χ2n) is 6.44. The van der Waals surface area contributed by atoms with Crippen LogP contribution in [0.5, 0.6) is 0 Å². The number of halogens is 1. The highest BCUT2D eigenvalue weighted by molar-refractivity contribution is 6.33. The van der Waals surface area contributed by atoms with E-state index in [1.165, 1.54) is 5.56 Å². The minimum atomic E-state index is -0.609. The van der Waals surface area contributed by atoms with E-state index in [1.807, 2.05) is 19.1 Å². The lowest BCUT2D eigenvalue weighted by Gasteiger charge is -2.25. The summed E-state index contributed by atoms with van der Waals surface area (Å²) in [4.78, 5) is 2.20. The van der Waals surface area contributed by atoms with E-state index in [0.717, 1.165) is 36.8 Å². The number of benzene rings is 1. The Bertz CT molecular complexity index is 460. The molecule has 2 rings (SSSR count). The summed E-state index contributed by atoms with van der Waals surface area (Å²) < 4.78 is 0. The average molecular weight is 297 g/mol. The summed E-state index contributed by atoms with van der Waals surface area (Å²) in [5.41, 5.74) is 1.67. The Morgan fingerprint density at radius 1 is 1.45 bits per heavy atom. The van der Waals surface area contributed by atoms with Crippen LogP contribution in [0.3, 0.4) is 0 Å². The van der Waals surface area contributed by atoms with Crippen molar-refractivity contribution in [1.82, 2.24) is 5.32 Å². The molecule has 0 aliphatic carbocycles. The molecule has 1 saturated heterocycles. The topological polar surface area (TPSA) is 35.5 Å². The molecule has 0 amide bonds. The zero-order chi connectivity index (χ0) is 14.8. The minimum absolute atomic E-state index is 0.609. The van der Waals surface area contributed by atoms with E-state index >= 15 is 0 Å². The monoisotopic (exact) mass is 296 g/mol. The lowest BCUT2D eigenvalue weighted by Crippen LogP contribution is -2.30. The summed E-state index contributed by atoms with van der Waals surface area (Å²) in [5.74, 6) is 0.630. The standard InChI is InChI=1S/C16H25ClN2O/c1-12(2)9-18-10-13-5-4-6-14(17)15(13)19-8-7-16(3,20)11-19/h4-6,12,18,20H,7-11H2,1-3H3. The quantitative estimate of drug-likeness (QED) is 0.877. The van der Waals surface area contributed by atoms with Crippen molar-refractivity contribution < 1.29 is 5.11 Å². The van der Waals surface area contributed by atoms with E-state index in [0.29, 0.717) is 12.5 Å². The van der Waals surface area contributed by atoms with Gasteiger partial charge in [-0.05, 0) is 37.4 Å². The SMILES string of the molecule is CC(C)CNCc1cccc(Cl)c1N1CCC(C)(O)C1. The molecule has 0 bridgehead atoms. The molecule has 0 radical (unpaired) electrons. The summed E-state index contributed by atoms with van der Waals surface area (Å²) in [6.07, 6.45) is 0.789. The van der Waals surface area contributed by atoms with Crippen molar-refractivity contribution in [2.75, 3.05) is 24.5 Å². The Labute approximate surface area is 126 Å². The van der Waals surface area contributed by atoms with Crippen LogP contribution >= 0.6 is 11.6 Å². The molecule has 1 aromatic rings. The number of hydrogen-bond acceptors (Lipinski definition) is 3. The molecule has 0 saturated carbocycles. The van der Waals surface area contributed by atoms with Gasteiger partial charge in [0.15, 0.2) is 0 Å². The van der Waals surface area contributed by atoms with Crippen molar-refractivity contribution in [3.8, 4) is 0 Å². The number of β-amino-alcohol motifs (C(OH)–C–C–N with tert-alkyl or cyclic N) is 1. The predicted molar refractivity (Wildman–Crippen MR) is 85.5 cm³/mol. The molecule has 0 aromatic heterocycles. The molecule has 2 N–H and O–H groups in total. The first-order valence-electron chi connectivity index (χ1n) is 7.34. The smallest absolute Gasteiger partial charge is 0.0810 e. The third kappa shape index (κ3) is 3.87. The van der Waals surface area contributed by atoms with E-state index < -0.39 is 5.60 Å². The van der Waals surface area contributed by atoms with Gasteiger partial charge in [-0.2, -0.15) is 0 Å². The number of nitrogens with zero attached hydrogens (tertiary/aromatic N) is 1. The van der Waals surface area contributed by atoms with Gasteiger partial charge in [0, 0.05) is 19.6 Å². The number of hydrogen-bond donors (Lipinski definition) is 2. The molecule has 1 unspecified atom stereocenters. The molecule has 1 aliphatic heterocycles. The van der Waals surface area contributed by atoms with Crippen LogP contribution in [0.1, 0.15) is 32.8 Å². The predicted octanol–water partition coefficient (Wildman–Crippen LogP) is 3.05. The van der Waals surface area contributed by atoms with Crippen molar-refractivity contribution >= 4 is 17.3 Å². The van der Waals surface area contributed by atoms with Gasteiger partial charge in [-0.1, -0.05) is 37.6 Å². The Morgan fingerprint density at radius 2 is 2.20 bits per heavy atom. The van der Waals surface area contributed by atoms with Crippen LogP contribution in [0.4, 0.5) is 5.69 Å². The number of anilines is 1. The molecule has 1 fully saturated rings. The van der Waals surface area contributed by atoms with Crippen LogP contribution in [-0.4, -0.2) is 30.3 Å². The van der Waals surface area contributed by atoms with Gasteiger partial charge in [0.2, 0.25) is 0 Å². The normalized spacial score (nSPS) is 22.8. The fraction of sp³-hybridized carbons (Fsp3) is 0.625. The molecule has 1 aliphatic rings. The maximum absolute atomic E-state index is 10.2. The molecule has 1 atom stereocenters. The lowest BCUT2D eigenvalue weighted by molar-refractivity contribution is 0.0839. The largest absolute Gasteiger partial charge is 0.388 e. The van der Waals surface area contributed by atoms with Gasteiger partial charge in [-0.25, -0.2) is 0 Å². The van der Waals surface area contributed by atoms with Crippen LogP contribution in [0, 0.1) is 5.92 Å². The number of rotatable bonds is 5. The van der Waals surface area contributed by atoms with Gasteiger partial charge in [-0.15, -0.1) is 0 Å². The van der Waals surface area contributed by atoms with E-state index in [2.05, 4.69) is 30.1 Å². The van der Waals surface area contributed by atoms with Gasteiger partial charge >= 0.3 is 0 Å². The van der Waals surface area contributed by atoms with E-state index in [1.54, 1.807) is 0 Å². The van der Waals surface area contributed by atoms with Gasteiger partial charge in [0.1, 0.15) is 0 Å². The highest BCUT2D eigenvalue weighted by atomic mass is 35.5. The minimum Gasteiger partial charge on any atom is -0.388 e. The number of aliphatic hydroxyl groups is 1. The molecule has 1 heterocycles. The highest BCUT2D eigenvalue weighted by Gasteiger charge is 2.33. The summed E-state index contributed by atoms with van der Waals surface area (Å²) in [5, 5.41) is 14.4. The summed E-state index contributed by atoms with van der Waals surface area (Å²) in [6, 6.07) is 6.03. The molecule has 4 heteroatoms. The van der Waals surface area contributed by atoms with Crippen LogP contribution in [-0.2, 0) is 6.54 Å². The van der Waals surface area contributed by atoms with Crippen molar-refractivity contribution in [2.24, 2.45) is 5.92 Å². The van der Waals surface area contributed by atoms with Crippen molar-refractivity contribution in [2.45, 2.75) is 39.3 Å². The Morgan fingerprint density at radius 3 is 2.80 bits per heavy atom. The van der Waals surface area contributed by atoms with Crippen LogP contribution in [0.2, 0.25) is 5.02 Å². The number of para-hydroxylation sites is 1. The molecule has 0 spiro atoms. The molecule has 3 nitrogen and oxygen atoms in total. The fourth-order valence-corrected chi connectivity index (χ4v) is 3.00. The first-order chi connectivity index (χ1) is 9.39. The first-order valence-corrected chi connectivity index (χ1v) is 7.72. The number of nitrogens with one attached hydrogen (secondary N) is 1. The molecule has 1 aromatic carbocycles. The lowest BCUT2D eigenvalue weighted by atomic mass is 10.1. The summed E-state index contributed by atoms with van der Waals surface area (Å²) in [6.45, 7) is 9.59. The summed E-state index contributed by atoms with van der Waals surface area (Å²) in [7, 11) is 0. The highest BCUT2D eigenvalue weighted by Crippen LogP contribution is 2.34. The fourth-order valence-electron chi connectivity index (χ4n) is 2.69. The van der Waals surface area contributed by atoms with Crippen LogP contribution in [0.15, 0.2) is 18.2 Å². The Hall–Kier alpha value is -0.770. The average Bonchev–Trinajstić information content (AvgIpc) is 2.69. The van der Waals surface area contributed by atoms with Gasteiger partial charge in [0.05, 0.1) is 16.3 Å². The van der Waals surface area contributed by atoms with Crippen LogP contribution < -0.4 is 10.2 Å². The van der Waals surface area contributed by atoms with Crippen molar-refractivity contribution in [3.63, 3.8) is 0 Å². The van der Waals surface area contributed by atoms with Gasteiger partial charge in [0.25, 0.3) is 0 Å². The Kier molecular flexibility index (Phi) is 4.95. The van der Waals surface area contributed by atoms with Crippen molar-refractivity contribution in [3.05, 3.63) is 28.8 Å². The molecular weight excluding hydrogens is 272 g/mol. The third-order valence-corrected chi connectivity index (χ3v) is 4.01. The first kappa shape index (κ1) is 15.6. The molecule has 112 valence electrons. The van der Waals surface area contributed by atoms with Gasteiger partial charge < -0.3 is 15.3 Å². The zero-order valence-electron chi connectivity index (χ0n) is 12.6. The maximum Gasteiger partial charge on any atom is 0.0810 e. The third-order valence-electron chi connectivity index (χ3n) is 3.71.